The van der Waals surface area contributed by atoms with Crippen LogP contribution in [-0.4, -0.2) is 28.4 Å². The van der Waals surface area contributed by atoms with Gasteiger partial charge in [0.05, 0.1) is 0 Å². The summed E-state index contributed by atoms with van der Waals surface area (Å²) in [7, 11) is 0. The lowest BCUT2D eigenvalue weighted by Crippen LogP contribution is -2.11. The molecule has 0 bridgehead atoms. The highest BCUT2D eigenvalue weighted by molar-refractivity contribution is 7.99. The van der Waals surface area contributed by atoms with E-state index < -0.39 is 5.97 Å². The Bertz CT molecular complexity index is 636. The molecule has 1 aliphatic rings. The zero-order valence-electron chi connectivity index (χ0n) is 15.3. The number of unbranched alkanes of at least 4 members (excludes halogenated alkanes) is 1. The topological polar surface area (TPSA) is 54.4 Å². The molecule has 0 radical (unpaired) electrons. The molecule has 1 N–H and O–H groups in total. The summed E-state index contributed by atoms with van der Waals surface area (Å²) in [5, 5.41) is 8.63. The summed E-state index contributed by atoms with van der Waals surface area (Å²) in [5.74, 6) is 2.52. The number of ketones is 1. The number of hydrogen-bond donors (Lipinski definition) is 1. The number of carboxylic acids is 1. The van der Waals surface area contributed by atoms with Crippen molar-refractivity contribution in [3.63, 3.8) is 0 Å². The van der Waals surface area contributed by atoms with E-state index in [4.69, 9.17) is 5.11 Å². The van der Waals surface area contributed by atoms with Gasteiger partial charge in [0.15, 0.2) is 5.78 Å². The minimum atomic E-state index is -0.731. The second kappa shape index (κ2) is 11.0. The van der Waals surface area contributed by atoms with Crippen LogP contribution in [-0.2, 0) is 9.59 Å². The monoisotopic (exact) mass is 372 g/mol. The van der Waals surface area contributed by atoms with Crippen LogP contribution < -0.4 is 0 Å². The summed E-state index contributed by atoms with van der Waals surface area (Å²) in [4.78, 5) is 22.9. The second-order valence-corrected chi connectivity index (χ2v) is 7.92. The molecular weight excluding hydrogens is 344 g/mol. The third kappa shape index (κ3) is 6.83. The lowest BCUT2D eigenvalue weighted by atomic mass is 9.90. The predicted molar refractivity (Wildman–Crippen MR) is 109 cm³/mol. The lowest BCUT2D eigenvalue weighted by molar-refractivity contribution is -0.137. The van der Waals surface area contributed by atoms with Gasteiger partial charge in [-0.2, -0.15) is 11.8 Å². The number of carbonyl (C=O) groups excluding carboxylic acids is 1. The van der Waals surface area contributed by atoms with E-state index >= 15 is 0 Å². The van der Waals surface area contributed by atoms with Crippen LogP contribution in [0.25, 0.3) is 0 Å². The average molecular weight is 373 g/mol. The van der Waals surface area contributed by atoms with Crippen molar-refractivity contribution in [2.24, 2.45) is 11.8 Å². The van der Waals surface area contributed by atoms with Crippen molar-refractivity contribution in [2.75, 3.05) is 11.5 Å². The van der Waals surface area contributed by atoms with E-state index in [1.54, 1.807) is 6.08 Å². The summed E-state index contributed by atoms with van der Waals surface area (Å²) in [6.45, 7) is 1.96. The maximum atomic E-state index is 12.4. The van der Waals surface area contributed by atoms with Gasteiger partial charge in [0.2, 0.25) is 0 Å². The van der Waals surface area contributed by atoms with Gasteiger partial charge in [-0.1, -0.05) is 55.5 Å². The highest BCUT2D eigenvalue weighted by atomic mass is 32.2. The number of carboxylic acid groups (broad SMARTS) is 1. The first-order valence-electron chi connectivity index (χ1n) is 9.29. The molecule has 1 aromatic rings. The molecule has 4 heteroatoms. The Morgan fingerprint density at radius 3 is 2.73 bits per heavy atom. The van der Waals surface area contributed by atoms with Crippen molar-refractivity contribution in [3.05, 3.63) is 60.2 Å². The third-order valence-corrected chi connectivity index (χ3v) is 6.13. The highest BCUT2D eigenvalue weighted by Crippen LogP contribution is 2.33. The molecule has 140 valence electrons. The van der Waals surface area contributed by atoms with Crippen LogP contribution in [0, 0.1) is 11.8 Å². The van der Waals surface area contributed by atoms with Gasteiger partial charge in [0.25, 0.3) is 0 Å². The Labute approximate surface area is 160 Å². The number of rotatable bonds is 10. The summed E-state index contributed by atoms with van der Waals surface area (Å²) in [6, 6.07) is 9.90. The van der Waals surface area contributed by atoms with Gasteiger partial charge in [-0.25, -0.2) is 0 Å². The molecule has 1 heterocycles. The largest absolute Gasteiger partial charge is 0.481 e. The number of thioether (sulfide) groups is 1. The van der Waals surface area contributed by atoms with E-state index in [2.05, 4.69) is 18.2 Å². The summed E-state index contributed by atoms with van der Waals surface area (Å²) in [5.41, 5.74) is 1.06. The first-order valence-corrected chi connectivity index (χ1v) is 10.4. The fourth-order valence-electron chi connectivity index (χ4n) is 3.10. The Hall–Kier alpha value is -1.81. The quantitative estimate of drug-likeness (QED) is 0.353. The molecule has 0 saturated carbocycles. The lowest BCUT2D eigenvalue weighted by Gasteiger charge is -2.13. The van der Waals surface area contributed by atoms with Crippen molar-refractivity contribution in [3.8, 4) is 0 Å². The number of benzene rings is 1. The second-order valence-electron chi connectivity index (χ2n) is 6.85. The molecule has 3 atom stereocenters. The van der Waals surface area contributed by atoms with E-state index in [-0.39, 0.29) is 18.1 Å². The van der Waals surface area contributed by atoms with E-state index in [9.17, 15) is 9.59 Å². The molecule has 1 fully saturated rings. The van der Waals surface area contributed by atoms with Crippen LogP contribution >= 0.6 is 11.8 Å². The first kappa shape index (κ1) is 20.5. The van der Waals surface area contributed by atoms with Crippen LogP contribution in [0.2, 0.25) is 0 Å². The molecule has 1 aromatic carbocycles. The molecule has 0 aromatic heterocycles. The van der Waals surface area contributed by atoms with E-state index in [0.717, 1.165) is 29.9 Å². The van der Waals surface area contributed by atoms with Gasteiger partial charge >= 0.3 is 5.97 Å². The van der Waals surface area contributed by atoms with Gasteiger partial charge in [0, 0.05) is 12.3 Å². The Morgan fingerprint density at radius 2 is 2.00 bits per heavy atom. The van der Waals surface area contributed by atoms with E-state index in [1.165, 1.54) is 0 Å². The van der Waals surface area contributed by atoms with Crippen LogP contribution in [0.5, 0.6) is 0 Å². The molecule has 2 rings (SSSR count). The Balaban J connectivity index is 1.80. The summed E-state index contributed by atoms with van der Waals surface area (Å²) >= 11 is 1.94. The molecule has 1 saturated heterocycles. The fraction of sp³-hybridized carbons (Fsp3) is 0.455. The van der Waals surface area contributed by atoms with Crippen molar-refractivity contribution in [1.29, 1.82) is 0 Å². The highest BCUT2D eigenvalue weighted by Gasteiger charge is 2.25. The minimum Gasteiger partial charge on any atom is -0.481 e. The van der Waals surface area contributed by atoms with Gasteiger partial charge in [-0.3, -0.25) is 9.59 Å². The van der Waals surface area contributed by atoms with Crippen molar-refractivity contribution in [1.82, 2.24) is 0 Å². The van der Waals surface area contributed by atoms with Crippen LogP contribution in [0.15, 0.2) is 54.6 Å². The molecule has 0 amide bonds. The molecule has 26 heavy (non-hydrogen) atoms. The number of hydrogen-bond acceptors (Lipinski definition) is 3. The van der Waals surface area contributed by atoms with Crippen molar-refractivity contribution >= 4 is 23.5 Å². The normalized spacial score (nSPS) is 21.4. The van der Waals surface area contributed by atoms with Crippen molar-refractivity contribution in [2.45, 2.75) is 38.5 Å². The van der Waals surface area contributed by atoms with Crippen LogP contribution in [0.3, 0.4) is 0 Å². The summed E-state index contributed by atoms with van der Waals surface area (Å²) < 4.78 is 0. The maximum absolute atomic E-state index is 12.4. The molecule has 0 spiro atoms. The van der Waals surface area contributed by atoms with Gasteiger partial charge in [0.1, 0.15) is 0 Å². The predicted octanol–water partition coefficient (Wildman–Crippen LogP) is 5.10. The smallest absolute Gasteiger partial charge is 0.303 e. The molecular formula is C22H28O3S. The third-order valence-electron chi connectivity index (χ3n) is 4.85. The number of aliphatic carboxylic acids is 1. The first-order chi connectivity index (χ1) is 12.6. The standard InChI is InChI=1S/C22H28O3S/c1-17(18-9-6-4-7-10-18)21(23)14-13-20-16-26-15-19(20)11-5-2-3-8-12-22(24)25/h2,4-7,9-10,13-14,17,19-20H,3,8,11-12,15-16H2,1H3,(H,24,25)/t17?,19-,20-/m0/s1. The van der Waals surface area contributed by atoms with Gasteiger partial charge in [-0.05, 0) is 54.2 Å². The van der Waals surface area contributed by atoms with Crippen molar-refractivity contribution < 1.29 is 14.7 Å². The molecule has 1 aliphatic heterocycles. The Kier molecular flexibility index (Phi) is 8.69. The minimum absolute atomic E-state index is 0.103. The molecule has 3 nitrogen and oxygen atoms in total. The zero-order valence-corrected chi connectivity index (χ0v) is 16.2. The number of allylic oxidation sites excluding steroid dienone is 4. The average Bonchev–Trinajstić information content (AvgIpc) is 3.09. The summed E-state index contributed by atoms with van der Waals surface area (Å²) in [6.07, 6.45) is 10.9. The van der Waals surface area contributed by atoms with Gasteiger partial charge < -0.3 is 5.11 Å². The van der Waals surface area contributed by atoms with Gasteiger partial charge in [-0.15, -0.1) is 0 Å². The fourth-order valence-corrected chi connectivity index (χ4v) is 4.58. The Morgan fingerprint density at radius 1 is 1.23 bits per heavy atom. The number of carbonyl (C=O) groups is 2. The van der Waals surface area contributed by atoms with E-state index in [0.29, 0.717) is 18.3 Å². The molecule has 0 aliphatic carbocycles. The van der Waals surface area contributed by atoms with E-state index in [1.807, 2.05) is 49.0 Å². The zero-order chi connectivity index (χ0) is 18.8. The molecule has 1 unspecified atom stereocenters. The maximum Gasteiger partial charge on any atom is 0.303 e. The SMILES string of the molecule is CC(C(=O)C=C[C@H]1CSC[C@@H]1CC=CCCCC(=O)O)c1ccccc1. The van der Waals surface area contributed by atoms with Crippen LogP contribution in [0.1, 0.15) is 44.1 Å². The van der Waals surface area contributed by atoms with Crippen LogP contribution in [0.4, 0.5) is 0 Å².